The maximum Gasteiger partial charge on any atom is 0.223 e. The molecule has 1 N–H and O–H groups in total. The molecule has 0 spiro atoms. The molecular formula is C11H19NO2. The van der Waals surface area contributed by atoms with Crippen molar-refractivity contribution in [2.24, 2.45) is 5.92 Å². The van der Waals surface area contributed by atoms with Gasteiger partial charge in [-0.15, -0.1) is 0 Å². The summed E-state index contributed by atoms with van der Waals surface area (Å²) in [4.78, 5) is 13.9. The summed E-state index contributed by atoms with van der Waals surface area (Å²) in [6.45, 7) is 2.29. The molecule has 2 bridgehead atoms. The summed E-state index contributed by atoms with van der Waals surface area (Å²) in [6, 6.07) is 0.792. The molecule has 0 aromatic rings. The maximum atomic E-state index is 11.8. The molecule has 0 aromatic carbocycles. The van der Waals surface area contributed by atoms with Gasteiger partial charge in [-0.05, 0) is 25.7 Å². The smallest absolute Gasteiger partial charge is 0.223 e. The van der Waals surface area contributed by atoms with Crippen LogP contribution in [0, 0.1) is 5.92 Å². The molecule has 0 radical (unpaired) electrons. The lowest BCUT2D eigenvalue weighted by Crippen LogP contribution is -2.36. The molecule has 2 rings (SSSR count). The van der Waals surface area contributed by atoms with E-state index in [9.17, 15) is 9.90 Å². The molecule has 3 heteroatoms. The fraction of sp³-hybridized carbons (Fsp3) is 0.909. The van der Waals surface area contributed by atoms with Crippen LogP contribution in [-0.4, -0.2) is 34.6 Å². The van der Waals surface area contributed by atoms with Crippen LogP contribution < -0.4 is 0 Å². The van der Waals surface area contributed by atoms with Crippen LogP contribution in [0.4, 0.5) is 0 Å². The van der Waals surface area contributed by atoms with E-state index in [-0.39, 0.29) is 6.61 Å². The Kier molecular flexibility index (Phi) is 2.77. The van der Waals surface area contributed by atoms with Crippen molar-refractivity contribution in [3.05, 3.63) is 0 Å². The summed E-state index contributed by atoms with van der Waals surface area (Å²) in [5, 5.41) is 9.18. The fourth-order valence-electron chi connectivity index (χ4n) is 3.04. The molecule has 3 nitrogen and oxygen atoms in total. The second-order valence-corrected chi connectivity index (χ2v) is 4.53. The lowest BCUT2D eigenvalue weighted by atomic mass is 9.90. The van der Waals surface area contributed by atoms with Crippen LogP contribution in [0.25, 0.3) is 0 Å². The number of aliphatic hydroxyl groups excluding tert-OH is 1. The first-order valence-electron chi connectivity index (χ1n) is 5.70. The molecule has 1 amide bonds. The van der Waals surface area contributed by atoms with Crippen molar-refractivity contribution in [3.63, 3.8) is 0 Å². The molecule has 2 aliphatic heterocycles. The molecule has 0 aromatic heterocycles. The Morgan fingerprint density at radius 3 is 2.86 bits per heavy atom. The third kappa shape index (κ3) is 1.44. The predicted molar refractivity (Wildman–Crippen MR) is 53.8 cm³/mol. The van der Waals surface area contributed by atoms with Gasteiger partial charge in [0.05, 0.1) is 0 Å². The Hall–Kier alpha value is -0.570. The van der Waals surface area contributed by atoms with Crippen molar-refractivity contribution in [3.8, 4) is 0 Å². The van der Waals surface area contributed by atoms with Crippen LogP contribution in [0.2, 0.25) is 0 Å². The van der Waals surface area contributed by atoms with Crippen LogP contribution in [0.15, 0.2) is 0 Å². The van der Waals surface area contributed by atoms with E-state index in [2.05, 4.69) is 4.90 Å². The minimum absolute atomic E-state index is 0.247. The Labute approximate surface area is 85.1 Å². The lowest BCUT2D eigenvalue weighted by Gasteiger charge is -2.23. The van der Waals surface area contributed by atoms with Crippen molar-refractivity contribution in [2.45, 2.75) is 51.1 Å². The minimum atomic E-state index is 0.247. The highest BCUT2D eigenvalue weighted by Gasteiger charge is 2.47. The van der Waals surface area contributed by atoms with Crippen molar-refractivity contribution >= 4 is 5.91 Å². The summed E-state index contributed by atoms with van der Waals surface area (Å²) < 4.78 is 0. The first kappa shape index (κ1) is 9.97. The Bertz CT molecular complexity index is 229. The van der Waals surface area contributed by atoms with E-state index in [4.69, 9.17) is 0 Å². The van der Waals surface area contributed by atoms with E-state index in [0.717, 1.165) is 25.7 Å². The lowest BCUT2D eigenvalue weighted by molar-refractivity contribution is -0.132. The largest absolute Gasteiger partial charge is 0.396 e. The zero-order valence-corrected chi connectivity index (χ0v) is 8.78. The molecule has 2 aliphatic rings. The standard InChI is InChI=1S/C11H19NO2/c1-2-3-11(14)12-9-4-5-10(12)8(6-9)7-13/h8-10,13H,2-7H2,1H3. The average Bonchev–Trinajstić information content (AvgIpc) is 2.74. The Morgan fingerprint density at radius 1 is 1.50 bits per heavy atom. The first-order chi connectivity index (χ1) is 6.77. The SMILES string of the molecule is CCCC(=O)N1C2CCC1C(CO)C2. The van der Waals surface area contributed by atoms with Gasteiger partial charge in [-0.3, -0.25) is 4.79 Å². The van der Waals surface area contributed by atoms with E-state index < -0.39 is 0 Å². The number of rotatable bonds is 3. The van der Waals surface area contributed by atoms with E-state index in [1.54, 1.807) is 0 Å². The Morgan fingerprint density at radius 2 is 2.29 bits per heavy atom. The van der Waals surface area contributed by atoms with E-state index in [0.29, 0.717) is 30.3 Å². The average molecular weight is 197 g/mol. The van der Waals surface area contributed by atoms with Crippen molar-refractivity contribution in [1.82, 2.24) is 4.90 Å². The number of carbonyl (C=O) groups is 1. The van der Waals surface area contributed by atoms with Gasteiger partial charge in [0.15, 0.2) is 0 Å². The molecule has 2 heterocycles. The second kappa shape index (κ2) is 3.89. The van der Waals surface area contributed by atoms with Crippen LogP contribution >= 0.6 is 0 Å². The third-order valence-electron chi connectivity index (χ3n) is 3.65. The van der Waals surface area contributed by atoms with Gasteiger partial charge in [-0.2, -0.15) is 0 Å². The summed E-state index contributed by atoms with van der Waals surface area (Å²) >= 11 is 0. The highest BCUT2D eigenvalue weighted by molar-refractivity contribution is 5.77. The topological polar surface area (TPSA) is 40.5 Å². The highest BCUT2D eigenvalue weighted by atomic mass is 16.3. The number of aliphatic hydroxyl groups is 1. The van der Waals surface area contributed by atoms with Crippen LogP contribution in [0.3, 0.4) is 0 Å². The maximum absolute atomic E-state index is 11.8. The highest BCUT2D eigenvalue weighted by Crippen LogP contribution is 2.41. The third-order valence-corrected chi connectivity index (χ3v) is 3.65. The number of carbonyl (C=O) groups excluding carboxylic acids is 1. The summed E-state index contributed by atoms with van der Waals surface area (Å²) in [5.41, 5.74) is 0. The van der Waals surface area contributed by atoms with E-state index in [1.807, 2.05) is 6.92 Å². The minimum Gasteiger partial charge on any atom is -0.396 e. The number of fused-ring (bicyclic) bond motifs is 2. The second-order valence-electron chi connectivity index (χ2n) is 4.53. The molecule has 14 heavy (non-hydrogen) atoms. The van der Waals surface area contributed by atoms with Gasteiger partial charge in [-0.25, -0.2) is 0 Å². The van der Waals surface area contributed by atoms with Gasteiger partial charge in [-0.1, -0.05) is 6.92 Å². The molecule has 2 fully saturated rings. The van der Waals surface area contributed by atoms with Crippen molar-refractivity contribution < 1.29 is 9.90 Å². The molecule has 3 atom stereocenters. The van der Waals surface area contributed by atoms with Crippen LogP contribution in [0.1, 0.15) is 39.0 Å². The Balaban J connectivity index is 2.03. The summed E-state index contributed by atoms with van der Waals surface area (Å²) in [7, 11) is 0. The number of nitrogens with zero attached hydrogens (tertiary/aromatic N) is 1. The summed E-state index contributed by atoms with van der Waals surface area (Å²) in [6.07, 6.45) is 4.88. The zero-order chi connectivity index (χ0) is 10.1. The van der Waals surface area contributed by atoms with Crippen LogP contribution in [0.5, 0.6) is 0 Å². The molecule has 0 aliphatic carbocycles. The van der Waals surface area contributed by atoms with Gasteiger partial charge >= 0.3 is 0 Å². The predicted octanol–water partition coefficient (Wildman–Crippen LogP) is 1.16. The van der Waals surface area contributed by atoms with Crippen LogP contribution in [-0.2, 0) is 4.79 Å². The van der Waals surface area contributed by atoms with E-state index in [1.165, 1.54) is 0 Å². The van der Waals surface area contributed by atoms with Gasteiger partial charge < -0.3 is 10.0 Å². The number of hydrogen-bond donors (Lipinski definition) is 1. The molecular weight excluding hydrogens is 178 g/mol. The molecule has 2 saturated heterocycles. The quantitative estimate of drug-likeness (QED) is 0.737. The van der Waals surface area contributed by atoms with Gasteiger partial charge in [0, 0.05) is 31.0 Å². The molecule has 0 saturated carbocycles. The van der Waals surface area contributed by atoms with Gasteiger partial charge in [0.25, 0.3) is 0 Å². The summed E-state index contributed by atoms with van der Waals surface area (Å²) in [5.74, 6) is 0.658. The first-order valence-corrected chi connectivity index (χ1v) is 5.70. The fourth-order valence-corrected chi connectivity index (χ4v) is 3.04. The molecule has 3 unspecified atom stereocenters. The van der Waals surface area contributed by atoms with Crippen molar-refractivity contribution in [1.29, 1.82) is 0 Å². The van der Waals surface area contributed by atoms with Gasteiger partial charge in [0.1, 0.15) is 0 Å². The molecule has 80 valence electrons. The van der Waals surface area contributed by atoms with Crippen molar-refractivity contribution in [2.75, 3.05) is 6.61 Å². The number of hydrogen-bond acceptors (Lipinski definition) is 2. The normalized spacial score (nSPS) is 35.3. The van der Waals surface area contributed by atoms with Gasteiger partial charge in [0.2, 0.25) is 5.91 Å². The monoisotopic (exact) mass is 197 g/mol. The number of amides is 1. The zero-order valence-electron chi connectivity index (χ0n) is 8.78. The van der Waals surface area contributed by atoms with E-state index >= 15 is 0 Å².